The Bertz CT molecular complexity index is 1230. The van der Waals surface area contributed by atoms with Crippen molar-refractivity contribution in [3.63, 3.8) is 0 Å². The van der Waals surface area contributed by atoms with Crippen LogP contribution in [0.3, 0.4) is 0 Å². The lowest BCUT2D eigenvalue weighted by Crippen LogP contribution is -2.11. The maximum Gasteiger partial charge on any atom is 0.159 e. The highest BCUT2D eigenvalue weighted by molar-refractivity contribution is 7.94. The molecule has 4 nitrogen and oxygen atoms in total. The number of rotatable bonds is 14. The summed E-state index contributed by atoms with van der Waals surface area (Å²) in [6.45, 7) is 8.84. The molecule has 1 aliphatic rings. The van der Waals surface area contributed by atoms with Gasteiger partial charge in [-0.3, -0.25) is 4.40 Å². The predicted octanol–water partition coefficient (Wildman–Crippen LogP) is 9.64. The average Bonchev–Trinajstić information content (AvgIpc) is 3.37. The van der Waals surface area contributed by atoms with Crippen molar-refractivity contribution in [1.82, 2.24) is 14.4 Å². The number of allylic oxidation sites excluding steroid dienone is 2. The molecule has 0 amide bonds. The SMILES string of the molecule is C=CCCCCC/C=C/c1cnc(NCc2ccc(CC)cc2CC)c2c(SF)nc(C3CCCCC3)n12. The third kappa shape index (κ3) is 6.88. The molecule has 1 N–H and O–H groups in total. The molecule has 0 saturated heterocycles. The number of imidazole rings is 1. The van der Waals surface area contributed by atoms with E-state index < -0.39 is 0 Å². The minimum Gasteiger partial charge on any atom is -0.364 e. The average molecular weight is 535 g/mol. The topological polar surface area (TPSA) is 42.2 Å². The highest BCUT2D eigenvalue weighted by Gasteiger charge is 2.26. The third-order valence-electron chi connectivity index (χ3n) is 7.80. The van der Waals surface area contributed by atoms with Crippen LogP contribution >= 0.6 is 12.1 Å². The zero-order valence-corrected chi connectivity index (χ0v) is 24.0. The van der Waals surface area contributed by atoms with Crippen molar-refractivity contribution in [2.75, 3.05) is 5.32 Å². The molecule has 3 aromatic rings. The second-order valence-corrected chi connectivity index (χ2v) is 10.9. The van der Waals surface area contributed by atoms with Crippen LogP contribution in [-0.2, 0) is 19.4 Å². The molecule has 6 heteroatoms. The Morgan fingerprint density at radius 3 is 2.63 bits per heavy atom. The first kappa shape index (κ1) is 28.4. The lowest BCUT2D eigenvalue weighted by atomic mass is 9.88. The number of halogens is 1. The lowest BCUT2D eigenvalue weighted by Gasteiger charge is -2.21. The van der Waals surface area contributed by atoms with E-state index in [-0.39, 0.29) is 12.1 Å². The summed E-state index contributed by atoms with van der Waals surface area (Å²) in [5.41, 5.74) is 5.69. The number of nitrogens with one attached hydrogen (secondary N) is 1. The Morgan fingerprint density at radius 1 is 1.08 bits per heavy atom. The molecule has 0 spiro atoms. The van der Waals surface area contributed by atoms with Crippen LogP contribution in [-0.4, -0.2) is 14.4 Å². The van der Waals surface area contributed by atoms with Crippen LogP contribution in [0.5, 0.6) is 0 Å². The molecule has 0 bridgehead atoms. The van der Waals surface area contributed by atoms with Gasteiger partial charge in [0, 0.05) is 12.5 Å². The predicted molar refractivity (Wildman–Crippen MR) is 161 cm³/mol. The van der Waals surface area contributed by atoms with E-state index in [9.17, 15) is 3.89 Å². The number of nitrogens with zero attached hydrogens (tertiary/aromatic N) is 3. The van der Waals surface area contributed by atoms with Gasteiger partial charge in [0.05, 0.1) is 11.9 Å². The number of anilines is 1. The Labute approximate surface area is 232 Å². The monoisotopic (exact) mass is 534 g/mol. The molecule has 1 aliphatic carbocycles. The Hall–Kier alpha value is -2.60. The zero-order valence-electron chi connectivity index (χ0n) is 23.1. The number of aryl methyl sites for hydroxylation is 2. The maximum atomic E-state index is 14.3. The van der Waals surface area contributed by atoms with Gasteiger partial charge in [0.25, 0.3) is 0 Å². The number of benzene rings is 1. The molecule has 0 aliphatic heterocycles. The van der Waals surface area contributed by atoms with Crippen molar-refractivity contribution < 1.29 is 3.89 Å². The van der Waals surface area contributed by atoms with Gasteiger partial charge < -0.3 is 5.32 Å². The summed E-state index contributed by atoms with van der Waals surface area (Å²) in [5.74, 6) is 2.03. The van der Waals surface area contributed by atoms with E-state index in [1.54, 1.807) is 0 Å². The first-order valence-corrected chi connectivity index (χ1v) is 15.2. The molecular formula is C32H43FN4S. The van der Waals surface area contributed by atoms with Crippen molar-refractivity contribution in [2.45, 2.75) is 108 Å². The molecular weight excluding hydrogens is 491 g/mol. The van der Waals surface area contributed by atoms with E-state index in [0.29, 0.717) is 23.3 Å². The van der Waals surface area contributed by atoms with Gasteiger partial charge in [-0.25, -0.2) is 9.97 Å². The van der Waals surface area contributed by atoms with E-state index in [2.05, 4.69) is 60.5 Å². The van der Waals surface area contributed by atoms with Crippen LogP contribution in [0.1, 0.15) is 112 Å². The second kappa shape index (κ2) is 14.5. The van der Waals surface area contributed by atoms with Crippen LogP contribution in [0.2, 0.25) is 0 Å². The van der Waals surface area contributed by atoms with Gasteiger partial charge in [-0.2, -0.15) is 3.89 Å². The quantitative estimate of drug-likeness (QED) is 0.165. The molecule has 1 saturated carbocycles. The highest BCUT2D eigenvalue weighted by atomic mass is 32.2. The smallest absolute Gasteiger partial charge is 0.159 e. The fourth-order valence-corrected chi connectivity index (χ4v) is 5.97. The van der Waals surface area contributed by atoms with Gasteiger partial charge in [0.1, 0.15) is 23.5 Å². The zero-order chi connectivity index (χ0) is 26.7. The van der Waals surface area contributed by atoms with Crippen molar-refractivity contribution >= 4 is 29.6 Å². The molecule has 2 aromatic heterocycles. The minimum absolute atomic E-state index is 0.236. The molecule has 2 heterocycles. The van der Waals surface area contributed by atoms with Crippen molar-refractivity contribution in [3.8, 4) is 0 Å². The van der Waals surface area contributed by atoms with Gasteiger partial charge in [0.15, 0.2) is 10.8 Å². The van der Waals surface area contributed by atoms with Crippen LogP contribution < -0.4 is 5.32 Å². The summed E-state index contributed by atoms with van der Waals surface area (Å²) in [6, 6.07) is 6.71. The van der Waals surface area contributed by atoms with Crippen molar-refractivity contribution in [1.29, 1.82) is 0 Å². The first-order valence-electron chi connectivity index (χ1n) is 14.5. The number of fused-ring (bicyclic) bond motifs is 1. The summed E-state index contributed by atoms with van der Waals surface area (Å²) in [7, 11) is 0. The molecule has 38 heavy (non-hydrogen) atoms. The largest absolute Gasteiger partial charge is 0.364 e. The lowest BCUT2D eigenvalue weighted by molar-refractivity contribution is 0.427. The Morgan fingerprint density at radius 2 is 1.89 bits per heavy atom. The first-order chi connectivity index (χ1) is 18.7. The van der Waals surface area contributed by atoms with E-state index in [1.165, 1.54) is 48.8 Å². The van der Waals surface area contributed by atoms with Crippen LogP contribution in [0.15, 0.2) is 48.2 Å². The fourth-order valence-electron chi connectivity index (χ4n) is 5.58. The van der Waals surface area contributed by atoms with Gasteiger partial charge in [0.2, 0.25) is 0 Å². The molecule has 1 fully saturated rings. The van der Waals surface area contributed by atoms with E-state index in [1.807, 2.05) is 12.3 Å². The molecule has 204 valence electrons. The summed E-state index contributed by atoms with van der Waals surface area (Å²) in [4.78, 5) is 9.67. The summed E-state index contributed by atoms with van der Waals surface area (Å²) < 4.78 is 16.5. The standard InChI is InChI=1S/C32H43FN4S/c1-4-7-8-9-10-11-15-18-28-23-35-30(34-22-27-20-19-24(5-2)21-25(27)6-3)29-32(38-33)36-31(37(28)29)26-16-13-12-14-17-26/h4,15,18-21,23,26H,1,5-14,16-17,22H2,2-3H3,(H,34,35)/b18-15+. The fraction of sp³-hybridized carbons (Fsp3) is 0.500. The summed E-state index contributed by atoms with van der Waals surface area (Å²) in [5, 5.41) is 3.96. The number of aromatic nitrogens is 3. The maximum absolute atomic E-state index is 14.3. The number of hydrogen-bond donors (Lipinski definition) is 1. The second-order valence-electron chi connectivity index (χ2n) is 10.4. The van der Waals surface area contributed by atoms with E-state index in [4.69, 9.17) is 9.97 Å². The van der Waals surface area contributed by atoms with Gasteiger partial charge in [-0.1, -0.05) is 69.9 Å². The molecule has 1 aromatic carbocycles. The van der Waals surface area contributed by atoms with Gasteiger partial charge in [-0.05, 0) is 74.1 Å². The Balaban J connectivity index is 1.66. The van der Waals surface area contributed by atoms with Crippen LogP contribution in [0.4, 0.5) is 9.70 Å². The minimum atomic E-state index is 0.236. The van der Waals surface area contributed by atoms with Crippen molar-refractivity contribution in [2.24, 2.45) is 0 Å². The van der Waals surface area contributed by atoms with E-state index >= 15 is 0 Å². The molecule has 0 atom stereocenters. The molecule has 0 radical (unpaired) electrons. The van der Waals surface area contributed by atoms with E-state index in [0.717, 1.165) is 62.0 Å². The summed E-state index contributed by atoms with van der Waals surface area (Å²) in [6.07, 6.45) is 21.8. The van der Waals surface area contributed by atoms with Gasteiger partial charge >= 0.3 is 0 Å². The number of hydrogen-bond acceptors (Lipinski definition) is 4. The third-order valence-corrected chi connectivity index (χ3v) is 8.23. The van der Waals surface area contributed by atoms with Crippen LogP contribution in [0, 0.1) is 0 Å². The summed E-state index contributed by atoms with van der Waals surface area (Å²) >= 11 is 0.236. The van der Waals surface area contributed by atoms with Gasteiger partial charge in [-0.15, -0.1) is 6.58 Å². The Kier molecular flexibility index (Phi) is 10.9. The normalized spacial score (nSPS) is 14.5. The van der Waals surface area contributed by atoms with Crippen molar-refractivity contribution in [3.05, 3.63) is 71.3 Å². The molecule has 4 rings (SSSR count). The van der Waals surface area contributed by atoms with Crippen LogP contribution in [0.25, 0.3) is 11.6 Å². The highest BCUT2D eigenvalue weighted by Crippen LogP contribution is 2.38. The number of unbranched alkanes of at least 4 members (excludes halogenated alkanes) is 4. The molecule has 0 unspecified atom stereocenters.